The smallest absolute Gasteiger partial charge is 0.142 e. The van der Waals surface area contributed by atoms with Crippen LogP contribution < -0.4 is 0 Å². The van der Waals surface area contributed by atoms with Crippen molar-refractivity contribution in [1.29, 1.82) is 0 Å². The first kappa shape index (κ1) is 13.4. The highest BCUT2D eigenvalue weighted by Crippen LogP contribution is 2.35. The number of nitrogens with zero attached hydrogens (tertiary/aromatic N) is 2. The lowest BCUT2D eigenvalue weighted by Crippen LogP contribution is -1.90. The first-order chi connectivity index (χ1) is 9.65. The average molecular weight is 301 g/mol. The molecule has 0 saturated carbocycles. The van der Waals surface area contributed by atoms with Gasteiger partial charge in [-0.3, -0.25) is 0 Å². The third-order valence-corrected chi connectivity index (χ3v) is 4.59. The van der Waals surface area contributed by atoms with E-state index in [-0.39, 0.29) is 0 Å². The van der Waals surface area contributed by atoms with Crippen molar-refractivity contribution in [2.75, 3.05) is 0 Å². The number of hydrogen-bond acceptors (Lipinski definition) is 3. The summed E-state index contributed by atoms with van der Waals surface area (Å²) in [5.74, 6) is 0. The summed E-state index contributed by atoms with van der Waals surface area (Å²) in [6.45, 7) is 4.20. The summed E-state index contributed by atoms with van der Waals surface area (Å²) >= 11 is 7.74. The molecule has 0 fully saturated rings. The first-order valence-electron chi connectivity index (χ1n) is 6.31. The van der Waals surface area contributed by atoms with Gasteiger partial charge in [0.2, 0.25) is 0 Å². The second-order valence-electron chi connectivity index (χ2n) is 4.71. The molecular weight excluding hydrogens is 288 g/mol. The number of aryl methyl sites for hydroxylation is 2. The predicted molar refractivity (Wildman–Crippen MR) is 84.6 cm³/mol. The van der Waals surface area contributed by atoms with E-state index in [1.807, 2.05) is 24.3 Å². The summed E-state index contributed by atoms with van der Waals surface area (Å²) in [5, 5.41) is 11.6. The summed E-state index contributed by atoms with van der Waals surface area (Å²) in [7, 11) is 0. The van der Waals surface area contributed by atoms with E-state index in [9.17, 15) is 0 Å². The summed E-state index contributed by atoms with van der Waals surface area (Å²) in [5.41, 5.74) is 2.48. The van der Waals surface area contributed by atoms with Crippen molar-refractivity contribution in [2.24, 2.45) is 0 Å². The van der Waals surface area contributed by atoms with Crippen LogP contribution in [0.2, 0.25) is 5.15 Å². The number of halogens is 1. The van der Waals surface area contributed by atoms with Crippen LogP contribution in [0, 0.1) is 13.8 Å². The Morgan fingerprint density at radius 2 is 1.70 bits per heavy atom. The zero-order valence-corrected chi connectivity index (χ0v) is 12.8. The summed E-state index contributed by atoms with van der Waals surface area (Å²) in [4.78, 5) is 1.20. The first-order valence-corrected chi connectivity index (χ1v) is 7.50. The highest BCUT2D eigenvalue weighted by atomic mass is 35.5. The van der Waals surface area contributed by atoms with Crippen LogP contribution in [0.25, 0.3) is 10.8 Å². The predicted octanol–water partition coefficient (Wildman–Crippen LogP) is 5.05. The molecule has 0 bridgehead atoms. The van der Waals surface area contributed by atoms with Crippen molar-refractivity contribution in [3.05, 3.63) is 58.7 Å². The molecule has 4 heteroatoms. The van der Waals surface area contributed by atoms with Crippen LogP contribution in [0.1, 0.15) is 11.1 Å². The maximum atomic E-state index is 6.11. The van der Waals surface area contributed by atoms with E-state index in [2.05, 4.69) is 42.2 Å². The summed E-state index contributed by atoms with van der Waals surface area (Å²) < 4.78 is 0. The Morgan fingerprint density at radius 3 is 2.50 bits per heavy atom. The quantitative estimate of drug-likeness (QED) is 0.662. The molecule has 0 aliphatic carbocycles. The molecule has 1 aromatic heterocycles. The van der Waals surface area contributed by atoms with E-state index in [0.717, 1.165) is 15.8 Å². The monoisotopic (exact) mass is 300 g/mol. The highest BCUT2D eigenvalue weighted by Gasteiger charge is 2.10. The fourth-order valence-corrected chi connectivity index (χ4v) is 3.30. The molecule has 100 valence electrons. The van der Waals surface area contributed by atoms with Crippen molar-refractivity contribution >= 4 is 34.1 Å². The van der Waals surface area contributed by atoms with Crippen LogP contribution >= 0.6 is 23.4 Å². The molecule has 2 aromatic carbocycles. The van der Waals surface area contributed by atoms with Gasteiger partial charge in [0.25, 0.3) is 0 Å². The Hall–Kier alpha value is -1.58. The van der Waals surface area contributed by atoms with Gasteiger partial charge in [0.05, 0.1) is 0 Å². The Labute approximate surface area is 127 Å². The molecule has 3 aromatic rings. The maximum absolute atomic E-state index is 6.11. The zero-order valence-electron chi connectivity index (χ0n) is 11.2. The van der Waals surface area contributed by atoms with Crippen LogP contribution in [0.5, 0.6) is 0 Å². The van der Waals surface area contributed by atoms with Gasteiger partial charge in [0.15, 0.2) is 5.15 Å². The largest absolute Gasteiger partial charge is 0.159 e. The topological polar surface area (TPSA) is 25.8 Å². The molecule has 3 rings (SSSR count). The highest BCUT2D eigenvalue weighted by molar-refractivity contribution is 7.99. The van der Waals surface area contributed by atoms with Crippen LogP contribution in [0.4, 0.5) is 0 Å². The molecule has 0 saturated heterocycles. The van der Waals surface area contributed by atoms with Crippen LogP contribution in [-0.4, -0.2) is 10.2 Å². The van der Waals surface area contributed by atoms with E-state index >= 15 is 0 Å². The van der Waals surface area contributed by atoms with E-state index in [0.29, 0.717) is 5.15 Å². The Bertz CT molecular complexity index is 787. The molecule has 0 spiro atoms. The lowest BCUT2D eigenvalue weighted by Gasteiger charge is -2.08. The van der Waals surface area contributed by atoms with Crippen molar-refractivity contribution in [2.45, 2.75) is 23.8 Å². The van der Waals surface area contributed by atoms with Crippen molar-refractivity contribution < 1.29 is 0 Å². The van der Waals surface area contributed by atoms with Crippen LogP contribution in [0.15, 0.2) is 52.4 Å². The minimum absolute atomic E-state index is 0.450. The molecular formula is C16H13ClN2S. The minimum Gasteiger partial charge on any atom is -0.142 e. The molecule has 0 aliphatic rings. The van der Waals surface area contributed by atoms with Gasteiger partial charge in [-0.1, -0.05) is 59.8 Å². The maximum Gasteiger partial charge on any atom is 0.159 e. The standard InChI is InChI=1S/C16H13ClN2S/c1-10-7-8-11(2)14(9-10)20-16-13-6-4-3-5-12(13)15(17)18-19-16/h3-9H,1-2H3. The van der Waals surface area contributed by atoms with Gasteiger partial charge in [0, 0.05) is 15.7 Å². The van der Waals surface area contributed by atoms with Gasteiger partial charge < -0.3 is 0 Å². The minimum atomic E-state index is 0.450. The van der Waals surface area contributed by atoms with Gasteiger partial charge in [-0.05, 0) is 31.0 Å². The third kappa shape index (κ3) is 2.51. The van der Waals surface area contributed by atoms with Crippen molar-refractivity contribution in [3.8, 4) is 0 Å². The summed E-state index contributed by atoms with van der Waals surface area (Å²) in [6, 6.07) is 14.4. The number of fused-ring (bicyclic) bond motifs is 1. The lowest BCUT2D eigenvalue weighted by molar-refractivity contribution is 0.955. The van der Waals surface area contributed by atoms with E-state index in [4.69, 9.17) is 11.6 Å². The molecule has 0 aliphatic heterocycles. The fourth-order valence-electron chi connectivity index (χ4n) is 2.04. The molecule has 0 atom stereocenters. The van der Waals surface area contributed by atoms with Crippen molar-refractivity contribution in [3.63, 3.8) is 0 Å². The van der Waals surface area contributed by atoms with Crippen LogP contribution in [0.3, 0.4) is 0 Å². The van der Waals surface area contributed by atoms with Gasteiger partial charge >= 0.3 is 0 Å². The molecule has 1 heterocycles. The number of hydrogen-bond donors (Lipinski definition) is 0. The average Bonchev–Trinajstić information content (AvgIpc) is 2.46. The molecule has 0 unspecified atom stereocenters. The summed E-state index contributed by atoms with van der Waals surface area (Å²) in [6.07, 6.45) is 0. The zero-order chi connectivity index (χ0) is 14.1. The van der Waals surface area contributed by atoms with Crippen LogP contribution in [-0.2, 0) is 0 Å². The van der Waals surface area contributed by atoms with Gasteiger partial charge in [-0.15, -0.1) is 10.2 Å². The van der Waals surface area contributed by atoms with Gasteiger partial charge in [0.1, 0.15) is 5.03 Å². The second kappa shape index (κ2) is 5.43. The Balaban J connectivity index is 2.11. The Kier molecular flexibility index (Phi) is 3.64. The lowest BCUT2D eigenvalue weighted by atomic mass is 10.2. The normalized spacial score (nSPS) is 10.9. The molecule has 20 heavy (non-hydrogen) atoms. The fraction of sp³-hybridized carbons (Fsp3) is 0.125. The number of aromatic nitrogens is 2. The van der Waals surface area contributed by atoms with E-state index in [1.165, 1.54) is 16.0 Å². The van der Waals surface area contributed by atoms with Gasteiger partial charge in [-0.2, -0.15) is 0 Å². The van der Waals surface area contributed by atoms with Crippen molar-refractivity contribution in [1.82, 2.24) is 10.2 Å². The SMILES string of the molecule is Cc1ccc(C)c(Sc2nnc(Cl)c3ccccc23)c1. The number of benzene rings is 2. The second-order valence-corrected chi connectivity index (χ2v) is 6.10. The molecule has 0 radical (unpaired) electrons. The molecule has 0 N–H and O–H groups in total. The van der Waals surface area contributed by atoms with Gasteiger partial charge in [-0.25, -0.2) is 0 Å². The van der Waals surface area contributed by atoms with E-state index < -0.39 is 0 Å². The number of rotatable bonds is 2. The van der Waals surface area contributed by atoms with E-state index in [1.54, 1.807) is 11.8 Å². The molecule has 0 amide bonds. The molecule has 2 nitrogen and oxygen atoms in total. The Morgan fingerprint density at radius 1 is 0.950 bits per heavy atom. The third-order valence-electron chi connectivity index (χ3n) is 3.16.